The number of nitrogens with zero attached hydrogens (tertiary/aromatic N) is 3. The van der Waals surface area contributed by atoms with Crippen molar-refractivity contribution in [2.75, 3.05) is 28.6 Å². The van der Waals surface area contributed by atoms with E-state index in [1.807, 2.05) is 4.90 Å². The van der Waals surface area contributed by atoms with Crippen molar-refractivity contribution in [3.8, 4) is 11.3 Å². The molecule has 3 aromatic rings. The number of pyridine rings is 1. The maximum atomic E-state index is 13.5. The van der Waals surface area contributed by atoms with Gasteiger partial charge >= 0.3 is 5.97 Å². The Morgan fingerprint density at radius 1 is 1.27 bits per heavy atom. The normalized spacial score (nSPS) is 17.4. The number of hydrogen-bond acceptors (Lipinski definition) is 6. The summed E-state index contributed by atoms with van der Waals surface area (Å²) >= 11 is 5.52. The smallest absolute Gasteiger partial charge is 0.308 e. The predicted octanol–water partition coefficient (Wildman–Crippen LogP) is 3.93. The summed E-state index contributed by atoms with van der Waals surface area (Å²) in [5.41, 5.74) is 2.60. The van der Waals surface area contributed by atoms with Crippen molar-refractivity contribution in [1.82, 2.24) is 15.2 Å². The molecule has 33 heavy (non-hydrogen) atoms. The fraction of sp³-hybridized carbons (Fsp3) is 0.273. The molecule has 1 aromatic carbocycles. The monoisotopic (exact) mass is 472 g/mol. The third-order valence-electron chi connectivity index (χ3n) is 5.26. The number of carbonyl (C=O) groups excluding carboxylic acids is 1. The highest BCUT2D eigenvalue weighted by molar-refractivity contribution is 6.23. The minimum Gasteiger partial charge on any atom is -0.481 e. The van der Waals surface area contributed by atoms with Gasteiger partial charge in [0.05, 0.1) is 17.2 Å². The predicted molar refractivity (Wildman–Crippen MR) is 123 cm³/mol. The van der Waals surface area contributed by atoms with Crippen molar-refractivity contribution in [3.63, 3.8) is 0 Å². The number of carboxylic acid groups (broad SMARTS) is 1. The van der Waals surface area contributed by atoms with Crippen molar-refractivity contribution in [1.29, 1.82) is 0 Å². The highest BCUT2D eigenvalue weighted by atomic mass is 35.5. The number of alkyl halides is 2. The van der Waals surface area contributed by atoms with Crippen LogP contribution in [-0.2, 0) is 4.79 Å². The molecule has 9 nitrogen and oxygen atoms in total. The first-order valence-electron chi connectivity index (χ1n) is 10.2. The summed E-state index contributed by atoms with van der Waals surface area (Å²) in [5, 5.41) is 19.4. The molecule has 1 fully saturated rings. The molecule has 0 spiro atoms. The van der Waals surface area contributed by atoms with Crippen LogP contribution >= 0.6 is 11.6 Å². The van der Waals surface area contributed by atoms with Crippen LogP contribution in [0.2, 0.25) is 0 Å². The van der Waals surface area contributed by atoms with E-state index in [1.165, 1.54) is 13.1 Å². The van der Waals surface area contributed by atoms with Crippen LogP contribution in [0.4, 0.5) is 21.6 Å². The van der Waals surface area contributed by atoms with Crippen molar-refractivity contribution in [2.24, 2.45) is 5.92 Å². The average Bonchev–Trinajstić information content (AvgIpc) is 3.46. The van der Waals surface area contributed by atoms with Gasteiger partial charge in [0.1, 0.15) is 5.82 Å². The highest BCUT2D eigenvalue weighted by Crippen LogP contribution is 2.32. The fourth-order valence-corrected chi connectivity index (χ4v) is 3.79. The molecule has 1 saturated heterocycles. The molecule has 0 radical (unpaired) electrons. The molecular formula is C22H22ClFN6O3. The molecule has 2 aromatic heterocycles. The Morgan fingerprint density at radius 3 is 2.61 bits per heavy atom. The maximum absolute atomic E-state index is 13.5. The fourth-order valence-electron chi connectivity index (χ4n) is 3.69. The molecule has 0 aliphatic carbocycles. The van der Waals surface area contributed by atoms with E-state index in [4.69, 9.17) is 11.6 Å². The Labute approximate surface area is 194 Å². The molecular weight excluding hydrogens is 451 g/mol. The van der Waals surface area contributed by atoms with Crippen LogP contribution in [-0.4, -0.2) is 50.5 Å². The lowest BCUT2D eigenvalue weighted by atomic mass is 10.1. The highest BCUT2D eigenvalue weighted by Gasteiger charge is 2.30. The van der Waals surface area contributed by atoms with Crippen LogP contribution < -0.4 is 15.5 Å². The van der Waals surface area contributed by atoms with Crippen molar-refractivity contribution in [3.05, 3.63) is 54.4 Å². The summed E-state index contributed by atoms with van der Waals surface area (Å²) in [7, 11) is 0. The molecule has 172 valence electrons. The van der Waals surface area contributed by atoms with Gasteiger partial charge in [-0.05, 0) is 42.8 Å². The molecule has 0 saturated carbocycles. The first-order chi connectivity index (χ1) is 15.7. The maximum Gasteiger partial charge on any atom is 0.308 e. The first kappa shape index (κ1) is 22.5. The number of anilines is 3. The van der Waals surface area contributed by atoms with E-state index in [2.05, 4.69) is 25.8 Å². The van der Waals surface area contributed by atoms with E-state index in [9.17, 15) is 19.1 Å². The van der Waals surface area contributed by atoms with Gasteiger partial charge in [-0.15, -0.1) is 0 Å². The van der Waals surface area contributed by atoms with Crippen LogP contribution in [0.25, 0.3) is 11.3 Å². The zero-order valence-corrected chi connectivity index (χ0v) is 18.4. The zero-order chi connectivity index (χ0) is 23.6. The summed E-state index contributed by atoms with van der Waals surface area (Å²) in [5.74, 6) is -1.09. The average molecular weight is 473 g/mol. The largest absolute Gasteiger partial charge is 0.481 e. The van der Waals surface area contributed by atoms with Crippen LogP contribution in [0.1, 0.15) is 23.7 Å². The number of carbonyl (C=O) groups is 2. The lowest BCUT2D eigenvalue weighted by Crippen LogP contribution is -2.24. The number of nitrogens with one attached hydrogen (secondary N) is 3. The van der Waals surface area contributed by atoms with Gasteiger partial charge in [0, 0.05) is 49.3 Å². The van der Waals surface area contributed by atoms with Gasteiger partial charge in [-0.2, -0.15) is 5.10 Å². The van der Waals surface area contributed by atoms with Gasteiger partial charge in [0.2, 0.25) is 0 Å². The third kappa shape index (κ3) is 5.40. The third-order valence-corrected chi connectivity index (χ3v) is 5.36. The second kappa shape index (κ2) is 9.07. The molecule has 2 unspecified atom stereocenters. The second-order valence-electron chi connectivity index (χ2n) is 7.88. The van der Waals surface area contributed by atoms with E-state index in [0.717, 1.165) is 0 Å². The number of hydrogen-bond donors (Lipinski definition) is 4. The van der Waals surface area contributed by atoms with E-state index < -0.39 is 17.1 Å². The molecule has 1 aliphatic rings. The molecule has 2 atom stereocenters. The van der Waals surface area contributed by atoms with E-state index in [-0.39, 0.29) is 5.91 Å². The molecule has 1 amide bonds. The molecule has 1 aliphatic heterocycles. The summed E-state index contributed by atoms with van der Waals surface area (Å²) < 4.78 is 13.5. The lowest BCUT2D eigenvalue weighted by molar-refractivity contribution is -0.140. The number of H-pyrrole nitrogens is 1. The quantitative estimate of drug-likeness (QED) is 0.303. The number of aromatic nitrogens is 3. The Balaban J connectivity index is 1.55. The van der Waals surface area contributed by atoms with Gasteiger partial charge in [0.15, 0.2) is 0 Å². The number of aromatic amines is 1. The SMILES string of the molecule is CC(F)(Cl)Nc1ccc(NC(=O)c2cnc(N3CCC(C(=O)O)C3)c(-c3ccn[nH]3)c2)cc1. The number of benzene rings is 1. The Kier molecular flexibility index (Phi) is 6.19. The Bertz CT molecular complexity index is 1150. The van der Waals surface area contributed by atoms with E-state index in [1.54, 1.807) is 42.6 Å². The van der Waals surface area contributed by atoms with Gasteiger partial charge in [0.25, 0.3) is 11.2 Å². The lowest BCUT2D eigenvalue weighted by Gasteiger charge is -2.20. The minimum absolute atomic E-state index is 0.316. The molecule has 11 heteroatoms. The summed E-state index contributed by atoms with van der Waals surface area (Å²) in [6, 6.07) is 9.89. The summed E-state index contributed by atoms with van der Waals surface area (Å²) in [4.78, 5) is 30.6. The second-order valence-corrected chi connectivity index (χ2v) is 8.59. The first-order valence-corrected chi connectivity index (χ1v) is 10.6. The summed E-state index contributed by atoms with van der Waals surface area (Å²) in [6.45, 7) is 2.08. The number of amides is 1. The number of aliphatic carboxylic acids is 1. The number of rotatable bonds is 7. The molecule has 4 rings (SSSR count). The van der Waals surface area contributed by atoms with Crippen molar-refractivity contribution < 1.29 is 19.1 Å². The Hall–Kier alpha value is -3.66. The van der Waals surface area contributed by atoms with Crippen molar-refractivity contribution >= 4 is 40.7 Å². The minimum atomic E-state index is -2.08. The van der Waals surface area contributed by atoms with Gasteiger partial charge in [-0.3, -0.25) is 14.7 Å². The van der Waals surface area contributed by atoms with E-state index >= 15 is 0 Å². The van der Waals surface area contributed by atoms with Crippen LogP contribution in [0.5, 0.6) is 0 Å². The van der Waals surface area contributed by atoms with Crippen LogP contribution in [0.15, 0.2) is 48.8 Å². The van der Waals surface area contributed by atoms with Crippen LogP contribution in [0, 0.1) is 5.92 Å². The van der Waals surface area contributed by atoms with E-state index in [0.29, 0.717) is 53.5 Å². The zero-order valence-electron chi connectivity index (χ0n) is 17.7. The topological polar surface area (TPSA) is 123 Å². The number of halogens is 2. The molecule has 4 N–H and O–H groups in total. The van der Waals surface area contributed by atoms with Gasteiger partial charge < -0.3 is 20.6 Å². The Morgan fingerprint density at radius 2 is 2.00 bits per heavy atom. The van der Waals surface area contributed by atoms with Gasteiger partial charge in [-0.1, -0.05) is 11.6 Å². The summed E-state index contributed by atoms with van der Waals surface area (Å²) in [6.07, 6.45) is 3.57. The number of carboxylic acids is 1. The van der Waals surface area contributed by atoms with Crippen molar-refractivity contribution in [2.45, 2.75) is 18.6 Å². The van der Waals surface area contributed by atoms with Crippen LogP contribution in [0.3, 0.4) is 0 Å². The van der Waals surface area contributed by atoms with Gasteiger partial charge in [-0.25, -0.2) is 9.37 Å². The molecule has 3 heterocycles. The standard InChI is InChI=1S/C22H22ClFN6O3/c1-22(23,24)28-16-4-2-15(3-5-16)27-20(31)14-10-17(18-6-8-26-29-18)19(25-11-14)30-9-7-13(12-30)21(32)33/h2-6,8,10-11,13,28H,7,9,12H2,1H3,(H,26,29)(H,27,31)(H,32,33). The molecule has 0 bridgehead atoms.